The number of hydrogen-bond donors (Lipinski definition) is 4. The number of nitrogens with one attached hydrogen (secondary N) is 2. The van der Waals surface area contributed by atoms with Gasteiger partial charge in [-0.3, -0.25) is 24.6 Å². The van der Waals surface area contributed by atoms with E-state index in [9.17, 15) is 24.3 Å². The number of amides is 4. The Morgan fingerprint density at radius 2 is 1.82 bits per heavy atom. The largest absolute Gasteiger partial charge is 0.480 e. The molecular weight excluding hydrogens is 492 g/mol. The molecule has 1 saturated carbocycles. The molecule has 2 aliphatic heterocycles. The summed E-state index contributed by atoms with van der Waals surface area (Å²) in [6.07, 6.45) is 4.88. The van der Waals surface area contributed by atoms with Crippen LogP contribution in [0.1, 0.15) is 56.6 Å². The molecule has 2 saturated heterocycles. The first-order valence-electron chi connectivity index (χ1n) is 11.4. The van der Waals surface area contributed by atoms with Gasteiger partial charge in [-0.25, -0.2) is 4.79 Å². The topological polar surface area (TPSA) is 142 Å². The van der Waals surface area contributed by atoms with Gasteiger partial charge in [-0.15, -0.1) is 0 Å². The number of carbonyl (C=O) groups excluding carboxylic acids is 3. The van der Waals surface area contributed by atoms with E-state index in [0.717, 1.165) is 42.1 Å². The average Bonchev–Trinajstić information content (AvgIpc) is 3.27. The molecule has 178 valence electrons. The molecule has 33 heavy (non-hydrogen) atoms. The van der Waals surface area contributed by atoms with Gasteiger partial charge in [0.15, 0.2) is 0 Å². The lowest BCUT2D eigenvalue weighted by Gasteiger charge is -2.34. The summed E-state index contributed by atoms with van der Waals surface area (Å²) in [5.41, 5.74) is 4.27. The SMILES string of the molecule is NC(=O)NCCCC1(C(=O)O)NC(c2ccc(Br)cc2)C2C(=O)N(C3CCCCC3)C(=O)C21. The van der Waals surface area contributed by atoms with Crippen LogP contribution in [0.2, 0.25) is 0 Å². The van der Waals surface area contributed by atoms with E-state index in [1.807, 2.05) is 24.3 Å². The van der Waals surface area contributed by atoms with Crippen molar-refractivity contribution in [3.63, 3.8) is 0 Å². The number of nitrogens with zero attached hydrogens (tertiary/aromatic N) is 1. The first-order chi connectivity index (χ1) is 15.8. The molecule has 5 N–H and O–H groups in total. The Kier molecular flexibility index (Phi) is 6.76. The van der Waals surface area contributed by atoms with Crippen LogP contribution in [0.5, 0.6) is 0 Å². The Morgan fingerprint density at radius 3 is 2.42 bits per heavy atom. The van der Waals surface area contributed by atoms with Crippen molar-refractivity contribution in [1.82, 2.24) is 15.5 Å². The predicted molar refractivity (Wildman–Crippen MR) is 123 cm³/mol. The highest BCUT2D eigenvalue weighted by Gasteiger charge is 2.68. The van der Waals surface area contributed by atoms with Crippen molar-refractivity contribution in [2.45, 2.75) is 62.6 Å². The van der Waals surface area contributed by atoms with Gasteiger partial charge in [0.1, 0.15) is 5.54 Å². The molecule has 0 spiro atoms. The summed E-state index contributed by atoms with van der Waals surface area (Å²) in [5, 5.41) is 16.0. The number of rotatable bonds is 7. The molecule has 1 aromatic rings. The van der Waals surface area contributed by atoms with Gasteiger partial charge in [0.2, 0.25) is 11.8 Å². The fourth-order valence-corrected chi connectivity index (χ4v) is 6.06. The maximum Gasteiger partial charge on any atom is 0.324 e. The van der Waals surface area contributed by atoms with Crippen molar-refractivity contribution < 1.29 is 24.3 Å². The zero-order chi connectivity index (χ0) is 23.8. The van der Waals surface area contributed by atoms with Gasteiger partial charge < -0.3 is 16.2 Å². The standard InChI is InChI=1S/C23H29BrN4O5/c24-14-9-7-13(8-10-14)18-16-17(20(30)28(19(16)29)15-5-2-1-3-6-15)23(27-18,21(31)32)11-4-12-26-22(25)33/h7-10,15-18,27H,1-6,11-12H2,(H,31,32)(H3,25,26,33). The minimum absolute atomic E-state index is 0.0777. The average molecular weight is 521 g/mol. The first kappa shape index (κ1) is 23.7. The highest BCUT2D eigenvalue weighted by atomic mass is 79.9. The number of carbonyl (C=O) groups is 4. The van der Waals surface area contributed by atoms with Crippen molar-refractivity contribution in [3.05, 3.63) is 34.3 Å². The van der Waals surface area contributed by atoms with Crippen molar-refractivity contribution in [2.75, 3.05) is 6.54 Å². The molecule has 9 nitrogen and oxygen atoms in total. The zero-order valence-corrected chi connectivity index (χ0v) is 19.8. The summed E-state index contributed by atoms with van der Waals surface area (Å²) in [5.74, 6) is -3.64. The van der Waals surface area contributed by atoms with Gasteiger partial charge >= 0.3 is 12.0 Å². The molecule has 3 fully saturated rings. The molecule has 10 heteroatoms. The van der Waals surface area contributed by atoms with E-state index in [1.54, 1.807) is 0 Å². The highest BCUT2D eigenvalue weighted by Crippen LogP contribution is 2.51. The second-order valence-electron chi connectivity index (χ2n) is 9.19. The summed E-state index contributed by atoms with van der Waals surface area (Å²) in [6.45, 7) is 0.181. The summed E-state index contributed by atoms with van der Waals surface area (Å²) in [7, 11) is 0. The molecule has 4 rings (SSSR count). The third kappa shape index (κ3) is 4.26. The second-order valence-corrected chi connectivity index (χ2v) is 10.1. The minimum Gasteiger partial charge on any atom is -0.480 e. The van der Waals surface area contributed by atoms with Gasteiger partial charge in [-0.05, 0) is 43.4 Å². The van der Waals surface area contributed by atoms with Crippen molar-refractivity contribution >= 4 is 39.7 Å². The number of carboxylic acids is 1. The van der Waals surface area contributed by atoms with E-state index < -0.39 is 41.3 Å². The summed E-state index contributed by atoms with van der Waals surface area (Å²) in [4.78, 5) is 52.5. The number of aliphatic carboxylic acids is 1. The minimum atomic E-state index is -1.61. The number of nitrogens with two attached hydrogens (primary N) is 1. The summed E-state index contributed by atoms with van der Waals surface area (Å²) in [6, 6.07) is 5.89. The molecule has 4 atom stereocenters. The van der Waals surface area contributed by atoms with Gasteiger partial charge in [-0.1, -0.05) is 47.3 Å². The number of hydrogen-bond acceptors (Lipinski definition) is 5. The zero-order valence-electron chi connectivity index (χ0n) is 18.3. The van der Waals surface area contributed by atoms with Crippen LogP contribution in [-0.4, -0.2) is 51.9 Å². The number of benzene rings is 1. The molecule has 3 aliphatic rings. The molecule has 0 bridgehead atoms. The lowest BCUT2D eigenvalue weighted by atomic mass is 9.77. The lowest BCUT2D eigenvalue weighted by molar-refractivity contribution is -0.153. The Labute approximate surface area is 200 Å². The molecule has 2 heterocycles. The third-order valence-corrected chi connectivity index (χ3v) is 7.81. The maximum absolute atomic E-state index is 13.7. The second kappa shape index (κ2) is 9.42. The third-order valence-electron chi connectivity index (χ3n) is 7.29. The van der Waals surface area contributed by atoms with E-state index in [4.69, 9.17) is 5.73 Å². The fourth-order valence-electron chi connectivity index (χ4n) is 5.79. The van der Waals surface area contributed by atoms with Crippen LogP contribution in [0.15, 0.2) is 28.7 Å². The molecular formula is C23H29BrN4O5. The highest BCUT2D eigenvalue weighted by molar-refractivity contribution is 9.10. The quantitative estimate of drug-likeness (QED) is 0.321. The number of fused-ring (bicyclic) bond motifs is 1. The van der Waals surface area contributed by atoms with E-state index in [0.29, 0.717) is 6.42 Å². The Hall–Kier alpha value is -2.46. The Morgan fingerprint density at radius 1 is 1.15 bits per heavy atom. The van der Waals surface area contributed by atoms with E-state index in [1.165, 1.54) is 4.90 Å². The van der Waals surface area contributed by atoms with Crippen LogP contribution in [-0.2, 0) is 14.4 Å². The van der Waals surface area contributed by atoms with Crippen LogP contribution in [0.4, 0.5) is 4.79 Å². The number of primary amides is 1. The smallest absolute Gasteiger partial charge is 0.324 e. The Bertz CT molecular complexity index is 949. The molecule has 0 aromatic heterocycles. The number of imide groups is 1. The summed E-state index contributed by atoms with van der Waals surface area (Å²) >= 11 is 3.40. The van der Waals surface area contributed by atoms with Gasteiger partial charge in [0.05, 0.1) is 11.8 Å². The van der Waals surface area contributed by atoms with Gasteiger partial charge in [-0.2, -0.15) is 0 Å². The van der Waals surface area contributed by atoms with Crippen molar-refractivity contribution in [2.24, 2.45) is 17.6 Å². The summed E-state index contributed by atoms with van der Waals surface area (Å²) < 4.78 is 0.862. The number of urea groups is 1. The van der Waals surface area contributed by atoms with Crippen LogP contribution >= 0.6 is 15.9 Å². The fraction of sp³-hybridized carbons (Fsp3) is 0.565. The molecule has 1 aliphatic carbocycles. The maximum atomic E-state index is 13.7. The van der Waals surface area contributed by atoms with Crippen molar-refractivity contribution in [1.29, 1.82) is 0 Å². The predicted octanol–water partition coefficient (Wildman–Crippen LogP) is 2.30. The van der Waals surface area contributed by atoms with Gasteiger partial charge in [0.25, 0.3) is 0 Å². The monoisotopic (exact) mass is 520 g/mol. The van der Waals surface area contributed by atoms with Crippen LogP contribution in [0.25, 0.3) is 0 Å². The van der Waals surface area contributed by atoms with E-state index in [-0.39, 0.29) is 24.9 Å². The van der Waals surface area contributed by atoms with Crippen LogP contribution in [0, 0.1) is 11.8 Å². The molecule has 4 amide bonds. The van der Waals surface area contributed by atoms with Crippen LogP contribution < -0.4 is 16.4 Å². The molecule has 0 radical (unpaired) electrons. The number of likely N-dealkylation sites (tertiary alicyclic amines) is 1. The number of carboxylic acid groups (broad SMARTS) is 1. The lowest BCUT2D eigenvalue weighted by Crippen LogP contribution is -2.56. The molecule has 4 unspecified atom stereocenters. The number of halogens is 1. The van der Waals surface area contributed by atoms with Crippen LogP contribution in [0.3, 0.4) is 0 Å². The normalized spacial score (nSPS) is 29.8. The molecule has 1 aromatic carbocycles. The van der Waals surface area contributed by atoms with E-state index >= 15 is 0 Å². The Balaban J connectivity index is 1.71. The van der Waals surface area contributed by atoms with Crippen molar-refractivity contribution in [3.8, 4) is 0 Å². The first-order valence-corrected chi connectivity index (χ1v) is 12.2. The van der Waals surface area contributed by atoms with E-state index in [2.05, 4.69) is 26.6 Å². The van der Waals surface area contributed by atoms with Gasteiger partial charge in [0, 0.05) is 23.1 Å².